The van der Waals surface area contributed by atoms with E-state index >= 15 is 0 Å². The van der Waals surface area contributed by atoms with Crippen LogP contribution in [0.2, 0.25) is 0 Å². The normalized spacial score (nSPS) is 10.9. The molecule has 0 aliphatic rings. The van der Waals surface area contributed by atoms with E-state index in [2.05, 4.69) is 49.6 Å². The Morgan fingerprint density at radius 3 is 1.59 bits per heavy atom. The SMILES string of the molecule is CC.CN(c1cccc(-c2ccc(F)cc2)c1)c1nc2nncn2c2ccccc12.CN(c1cccc(-c2ccco2)c1)c1nc2nncn2c2ccccc12. The Labute approximate surface area is 322 Å². The van der Waals surface area contributed by atoms with E-state index in [4.69, 9.17) is 14.4 Å². The molecular weight excluding hydrogens is 704 g/mol. The van der Waals surface area contributed by atoms with Crippen molar-refractivity contribution in [2.24, 2.45) is 0 Å². The monoisotopic (exact) mass is 740 g/mol. The lowest BCUT2D eigenvalue weighted by atomic mass is 10.0. The highest BCUT2D eigenvalue weighted by Gasteiger charge is 2.16. The van der Waals surface area contributed by atoms with Crippen molar-refractivity contribution in [2.75, 3.05) is 23.9 Å². The van der Waals surface area contributed by atoms with Gasteiger partial charge < -0.3 is 14.2 Å². The molecule has 10 aromatic rings. The van der Waals surface area contributed by atoms with Crippen LogP contribution in [0.15, 0.2) is 157 Å². The fraction of sp³-hybridized carbons (Fsp3) is 0.0909. The quantitative estimate of drug-likeness (QED) is 0.165. The van der Waals surface area contributed by atoms with Crippen LogP contribution in [0, 0.1) is 5.82 Å². The lowest BCUT2D eigenvalue weighted by Crippen LogP contribution is -2.13. The Morgan fingerprint density at radius 2 is 1.05 bits per heavy atom. The van der Waals surface area contributed by atoms with E-state index < -0.39 is 0 Å². The third-order valence-corrected chi connectivity index (χ3v) is 9.37. The topological polar surface area (TPSA) is 106 Å². The minimum absolute atomic E-state index is 0.241. The molecule has 0 N–H and O–H groups in total. The van der Waals surface area contributed by atoms with E-state index in [0.29, 0.717) is 11.6 Å². The number of halogens is 1. The first-order valence-electron chi connectivity index (χ1n) is 18.2. The number of aromatic nitrogens is 8. The number of furan rings is 1. The molecule has 0 radical (unpaired) electrons. The van der Waals surface area contributed by atoms with Gasteiger partial charge in [0.05, 0.1) is 17.3 Å². The molecule has 0 bridgehead atoms. The van der Waals surface area contributed by atoms with Crippen molar-refractivity contribution in [2.45, 2.75) is 13.8 Å². The average molecular weight is 741 g/mol. The van der Waals surface area contributed by atoms with Crippen molar-refractivity contribution < 1.29 is 8.81 Å². The smallest absolute Gasteiger partial charge is 0.257 e. The first-order valence-corrected chi connectivity index (χ1v) is 18.2. The molecule has 0 saturated carbocycles. The number of nitrogens with zero attached hydrogens (tertiary/aromatic N) is 10. The number of para-hydroxylation sites is 2. The fourth-order valence-electron chi connectivity index (χ4n) is 6.61. The molecule has 12 heteroatoms. The average Bonchev–Trinajstić information content (AvgIpc) is 4.08. The predicted molar refractivity (Wildman–Crippen MR) is 220 cm³/mol. The van der Waals surface area contributed by atoms with Gasteiger partial charge in [-0.1, -0.05) is 74.5 Å². The minimum Gasteiger partial charge on any atom is -0.464 e. The number of benzene rings is 5. The van der Waals surface area contributed by atoms with Crippen LogP contribution in [0.4, 0.5) is 27.4 Å². The summed E-state index contributed by atoms with van der Waals surface area (Å²) in [5.41, 5.74) is 7.00. The van der Waals surface area contributed by atoms with Gasteiger partial charge in [-0.2, -0.15) is 9.97 Å². The second-order valence-corrected chi connectivity index (χ2v) is 12.6. The summed E-state index contributed by atoms with van der Waals surface area (Å²) in [7, 11) is 3.98. The van der Waals surface area contributed by atoms with E-state index in [-0.39, 0.29) is 5.82 Å². The lowest BCUT2D eigenvalue weighted by Gasteiger charge is -2.21. The van der Waals surface area contributed by atoms with Crippen molar-refractivity contribution >= 4 is 56.4 Å². The predicted octanol–water partition coefficient (Wildman–Crippen LogP) is 10.2. The van der Waals surface area contributed by atoms with E-state index in [1.54, 1.807) is 31.1 Å². The number of fused-ring (bicyclic) bond motifs is 6. The maximum atomic E-state index is 13.3. The summed E-state index contributed by atoms with van der Waals surface area (Å²) in [4.78, 5) is 13.5. The number of rotatable bonds is 6. The van der Waals surface area contributed by atoms with Gasteiger partial charge in [0.1, 0.15) is 35.9 Å². The van der Waals surface area contributed by atoms with Crippen LogP contribution in [0.5, 0.6) is 0 Å². The van der Waals surface area contributed by atoms with Gasteiger partial charge in [-0.3, -0.25) is 8.80 Å². The molecular formula is C44H37FN10O. The molecule has 11 nitrogen and oxygen atoms in total. The molecule has 0 unspecified atom stereocenters. The molecule has 276 valence electrons. The van der Waals surface area contributed by atoms with Gasteiger partial charge in [-0.05, 0) is 83.9 Å². The van der Waals surface area contributed by atoms with Crippen LogP contribution in [0.1, 0.15) is 13.8 Å². The van der Waals surface area contributed by atoms with Crippen molar-refractivity contribution in [3.05, 3.63) is 158 Å². The summed E-state index contributed by atoms with van der Waals surface area (Å²) in [5, 5.41) is 18.3. The summed E-state index contributed by atoms with van der Waals surface area (Å²) in [6.07, 6.45) is 5.04. The highest BCUT2D eigenvalue weighted by molar-refractivity contribution is 5.94. The van der Waals surface area contributed by atoms with Crippen molar-refractivity contribution in [3.8, 4) is 22.5 Å². The Hall–Kier alpha value is -7.47. The molecule has 0 fully saturated rings. The second-order valence-electron chi connectivity index (χ2n) is 12.6. The molecule has 5 heterocycles. The van der Waals surface area contributed by atoms with Crippen LogP contribution in [0.3, 0.4) is 0 Å². The molecule has 0 atom stereocenters. The summed E-state index contributed by atoms with van der Waals surface area (Å²) in [6.45, 7) is 4.00. The third-order valence-electron chi connectivity index (χ3n) is 9.37. The zero-order valence-electron chi connectivity index (χ0n) is 31.2. The van der Waals surface area contributed by atoms with Crippen LogP contribution >= 0.6 is 0 Å². The first-order chi connectivity index (χ1) is 27.5. The van der Waals surface area contributed by atoms with E-state index in [9.17, 15) is 4.39 Å². The first kappa shape index (κ1) is 35.6. The molecule has 0 aliphatic heterocycles. The zero-order valence-corrected chi connectivity index (χ0v) is 31.2. The molecule has 0 saturated heterocycles. The number of hydrogen-bond acceptors (Lipinski definition) is 9. The Morgan fingerprint density at radius 1 is 0.536 bits per heavy atom. The van der Waals surface area contributed by atoms with Crippen molar-refractivity contribution in [1.82, 2.24) is 39.2 Å². The fourth-order valence-corrected chi connectivity index (χ4v) is 6.61. The minimum atomic E-state index is -0.241. The Balaban J connectivity index is 0.000000151. The van der Waals surface area contributed by atoms with Gasteiger partial charge in [-0.15, -0.1) is 20.4 Å². The summed E-state index contributed by atoms with van der Waals surface area (Å²) >= 11 is 0. The standard InChI is InChI=1S/C22H16FN5.C20H15N5O.C2H6/c1-27(18-6-4-5-16(13-18)15-9-11-17(23)12-10-15)21-19-7-2-3-8-20(19)28-14-24-26-22(28)25-21;1-24(15-7-4-6-14(12-15)18-10-5-11-26-18)19-16-8-2-3-9-17(16)25-13-21-23-20(25)22-19;1-2/h2-14H,1H3;2-13H,1H3;1-2H3. The summed E-state index contributed by atoms with van der Waals surface area (Å²) < 4.78 is 22.5. The molecule has 10 rings (SSSR count). The van der Waals surface area contributed by atoms with Gasteiger partial charge in [-0.25, -0.2) is 4.39 Å². The van der Waals surface area contributed by atoms with Crippen molar-refractivity contribution in [1.29, 1.82) is 0 Å². The van der Waals surface area contributed by atoms with Gasteiger partial charge in [0.15, 0.2) is 0 Å². The number of hydrogen-bond donors (Lipinski definition) is 0. The molecule has 56 heavy (non-hydrogen) atoms. The van der Waals surface area contributed by atoms with Crippen molar-refractivity contribution in [3.63, 3.8) is 0 Å². The van der Waals surface area contributed by atoms with Crippen LogP contribution in [-0.2, 0) is 0 Å². The summed E-state index contributed by atoms with van der Waals surface area (Å²) in [6, 6.07) is 42.8. The van der Waals surface area contributed by atoms with Crippen LogP contribution < -0.4 is 9.80 Å². The molecule has 0 spiro atoms. The van der Waals surface area contributed by atoms with Crippen LogP contribution in [0.25, 0.3) is 55.8 Å². The molecule has 5 aromatic heterocycles. The Bertz CT molecular complexity index is 2900. The third kappa shape index (κ3) is 6.75. The van der Waals surface area contributed by atoms with Crippen LogP contribution in [-0.4, -0.2) is 53.3 Å². The van der Waals surface area contributed by atoms with Gasteiger partial charge in [0, 0.05) is 41.8 Å². The van der Waals surface area contributed by atoms with E-state index in [1.807, 2.05) is 127 Å². The van der Waals surface area contributed by atoms with Gasteiger partial charge in [0.2, 0.25) is 0 Å². The van der Waals surface area contributed by atoms with E-state index in [0.717, 1.165) is 67.3 Å². The lowest BCUT2D eigenvalue weighted by molar-refractivity contribution is 0.582. The largest absolute Gasteiger partial charge is 0.464 e. The van der Waals surface area contributed by atoms with E-state index in [1.165, 1.54) is 12.1 Å². The molecule has 0 aliphatic carbocycles. The molecule has 0 amide bonds. The van der Waals surface area contributed by atoms with Gasteiger partial charge >= 0.3 is 0 Å². The summed E-state index contributed by atoms with van der Waals surface area (Å²) in [5.74, 6) is 3.35. The molecule has 5 aromatic carbocycles. The number of anilines is 4. The highest BCUT2D eigenvalue weighted by atomic mass is 19.1. The maximum Gasteiger partial charge on any atom is 0.257 e. The maximum absolute atomic E-state index is 13.3. The second kappa shape index (κ2) is 15.5. The highest BCUT2D eigenvalue weighted by Crippen LogP contribution is 2.34. The zero-order chi connectivity index (χ0) is 38.6. The Kier molecular flexibility index (Phi) is 9.83. The van der Waals surface area contributed by atoms with Gasteiger partial charge in [0.25, 0.3) is 11.6 Å².